The summed E-state index contributed by atoms with van der Waals surface area (Å²) in [6.07, 6.45) is 0. The third-order valence-corrected chi connectivity index (χ3v) is 5.41. The molecular formula is C23H20Br2N2O3. The third-order valence-electron chi connectivity index (χ3n) is 4.30. The first kappa shape index (κ1) is 22.1. The smallest absolute Gasteiger partial charge is 0.262 e. The van der Waals surface area contributed by atoms with Crippen LogP contribution in [-0.4, -0.2) is 25.0 Å². The van der Waals surface area contributed by atoms with Crippen molar-refractivity contribution in [2.45, 2.75) is 6.92 Å². The third kappa shape index (κ3) is 5.70. The van der Waals surface area contributed by atoms with Crippen LogP contribution >= 0.6 is 31.9 Å². The average molecular weight is 532 g/mol. The molecule has 0 saturated heterocycles. The summed E-state index contributed by atoms with van der Waals surface area (Å²) in [5.74, 6) is 0.197. The summed E-state index contributed by atoms with van der Waals surface area (Å²) in [6.45, 7) is 2.37. The zero-order chi connectivity index (χ0) is 21.5. The van der Waals surface area contributed by atoms with Gasteiger partial charge >= 0.3 is 0 Å². The molecule has 3 aromatic rings. The van der Waals surface area contributed by atoms with Crippen LogP contribution in [0.1, 0.15) is 17.3 Å². The highest BCUT2D eigenvalue weighted by molar-refractivity contribution is 9.11. The number of amides is 2. The van der Waals surface area contributed by atoms with Crippen LogP contribution in [0.3, 0.4) is 0 Å². The Labute approximate surface area is 192 Å². The molecule has 30 heavy (non-hydrogen) atoms. The van der Waals surface area contributed by atoms with Crippen molar-refractivity contribution in [3.63, 3.8) is 0 Å². The Balaban J connectivity index is 1.59. The van der Waals surface area contributed by atoms with Crippen molar-refractivity contribution in [1.82, 2.24) is 0 Å². The van der Waals surface area contributed by atoms with Crippen molar-refractivity contribution in [3.05, 3.63) is 87.3 Å². The van der Waals surface area contributed by atoms with Crippen molar-refractivity contribution in [2.75, 3.05) is 23.4 Å². The Bertz CT molecular complexity index is 1020. The van der Waals surface area contributed by atoms with Gasteiger partial charge in [-0.1, -0.05) is 34.1 Å². The molecule has 0 unspecified atom stereocenters. The number of carbonyl (C=O) groups is 2. The summed E-state index contributed by atoms with van der Waals surface area (Å²) in [5, 5.41) is 2.77. The van der Waals surface area contributed by atoms with Gasteiger partial charge in [-0.2, -0.15) is 0 Å². The second kappa shape index (κ2) is 10.4. The van der Waals surface area contributed by atoms with Gasteiger partial charge in [0.1, 0.15) is 5.75 Å². The molecule has 0 radical (unpaired) electrons. The van der Waals surface area contributed by atoms with Crippen LogP contribution < -0.4 is 15.0 Å². The maximum absolute atomic E-state index is 12.8. The number of anilines is 2. The summed E-state index contributed by atoms with van der Waals surface area (Å²) in [4.78, 5) is 26.7. The minimum absolute atomic E-state index is 0.0926. The molecule has 2 amide bonds. The van der Waals surface area contributed by atoms with Gasteiger partial charge < -0.3 is 15.0 Å². The zero-order valence-electron chi connectivity index (χ0n) is 16.3. The topological polar surface area (TPSA) is 58.6 Å². The molecule has 0 spiro atoms. The van der Waals surface area contributed by atoms with Crippen molar-refractivity contribution in [2.24, 2.45) is 0 Å². The number of hydrogen-bond donors (Lipinski definition) is 1. The van der Waals surface area contributed by atoms with E-state index in [1.165, 1.54) is 0 Å². The van der Waals surface area contributed by atoms with Crippen molar-refractivity contribution in [3.8, 4) is 5.75 Å². The van der Waals surface area contributed by atoms with Gasteiger partial charge in [0, 0.05) is 28.0 Å². The minimum atomic E-state index is -0.289. The summed E-state index contributed by atoms with van der Waals surface area (Å²) in [6, 6.07) is 21.8. The van der Waals surface area contributed by atoms with E-state index in [2.05, 4.69) is 37.2 Å². The highest BCUT2D eigenvalue weighted by Gasteiger charge is 2.16. The Morgan fingerprint density at radius 3 is 2.30 bits per heavy atom. The maximum Gasteiger partial charge on any atom is 0.262 e. The van der Waals surface area contributed by atoms with E-state index in [1.807, 2.05) is 49.4 Å². The van der Waals surface area contributed by atoms with Crippen LogP contribution in [0.4, 0.5) is 11.4 Å². The fourth-order valence-corrected chi connectivity index (χ4v) is 4.00. The van der Waals surface area contributed by atoms with Crippen LogP contribution in [-0.2, 0) is 4.79 Å². The quantitative estimate of drug-likeness (QED) is 0.413. The monoisotopic (exact) mass is 530 g/mol. The van der Waals surface area contributed by atoms with Gasteiger partial charge in [0.05, 0.1) is 4.47 Å². The van der Waals surface area contributed by atoms with Crippen molar-refractivity contribution < 1.29 is 14.3 Å². The number of carbonyl (C=O) groups excluding carboxylic acids is 2. The van der Waals surface area contributed by atoms with E-state index in [4.69, 9.17) is 4.74 Å². The van der Waals surface area contributed by atoms with E-state index < -0.39 is 0 Å². The molecule has 0 aliphatic carbocycles. The molecule has 1 N–H and O–H groups in total. The van der Waals surface area contributed by atoms with Gasteiger partial charge in [-0.25, -0.2) is 0 Å². The SMILES string of the molecule is CCN(C(=O)c1ccc(NC(=O)COc2ccc(Br)cc2Br)cc1)c1ccccc1. The number of rotatable bonds is 7. The van der Waals surface area contributed by atoms with Gasteiger partial charge in [0.2, 0.25) is 0 Å². The Morgan fingerprint density at radius 1 is 0.967 bits per heavy atom. The van der Waals surface area contributed by atoms with Gasteiger partial charge in [0.25, 0.3) is 11.8 Å². The van der Waals surface area contributed by atoms with Crippen LogP contribution in [0.2, 0.25) is 0 Å². The van der Waals surface area contributed by atoms with E-state index in [0.29, 0.717) is 23.5 Å². The van der Waals surface area contributed by atoms with Crippen LogP contribution in [0.5, 0.6) is 5.75 Å². The van der Waals surface area contributed by atoms with E-state index in [9.17, 15) is 9.59 Å². The summed E-state index contributed by atoms with van der Waals surface area (Å²) >= 11 is 6.77. The first-order valence-corrected chi connectivity index (χ1v) is 10.9. The number of para-hydroxylation sites is 1. The molecule has 7 heteroatoms. The molecule has 154 valence electrons. The summed E-state index contributed by atoms with van der Waals surface area (Å²) < 4.78 is 7.21. The molecule has 0 fully saturated rings. The lowest BCUT2D eigenvalue weighted by Gasteiger charge is -2.21. The highest BCUT2D eigenvalue weighted by atomic mass is 79.9. The van der Waals surface area contributed by atoms with Gasteiger partial charge in [-0.3, -0.25) is 9.59 Å². The Kier molecular flexibility index (Phi) is 7.65. The number of nitrogens with one attached hydrogen (secondary N) is 1. The minimum Gasteiger partial charge on any atom is -0.483 e. The first-order valence-electron chi connectivity index (χ1n) is 9.32. The summed E-state index contributed by atoms with van der Waals surface area (Å²) in [7, 11) is 0. The van der Waals surface area contributed by atoms with Gasteiger partial charge in [0.15, 0.2) is 6.61 Å². The molecule has 0 aromatic heterocycles. The summed E-state index contributed by atoms with van der Waals surface area (Å²) in [5.41, 5.74) is 1.99. The van der Waals surface area contributed by atoms with Gasteiger partial charge in [-0.05, 0) is 77.5 Å². The number of nitrogens with zero attached hydrogens (tertiary/aromatic N) is 1. The standard InChI is InChI=1S/C23H20Br2N2O3/c1-2-27(19-6-4-3-5-7-19)23(29)16-8-11-18(12-9-16)26-22(28)15-30-21-13-10-17(24)14-20(21)25/h3-14H,2,15H2,1H3,(H,26,28). The predicted octanol–water partition coefficient (Wildman–Crippen LogP) is 5.90. The van der Waals surface area contributed by atoms with E-state index in [-0.39, 0.29) is 18.4 Å². The molecule has 5 nitrogen and oxygen atoms in total. The van der Waals surface area contributed by atoms with E-state index in [1.54, 1.807) is 35.2 Å². The van der Waals surface area contributed by atoms with E-state index >= 15 is 0 Å². The number of hydrogen-bond acceptors (Lipinski definition) is 3. The number of ether oxygens (including phenoxy) is 1. The molecule has 3 aromatic carbocycles. The van der Waals surface area contributed by atoms with E-state index in [0.717, 1.165) is 14.6 Å². The average Bonchev–Trinajstić information content (AvgIpc) is 2.75. The number of benzene rings is 3. The molecule has 0 atom stereocenters. The van der Waals surface area contributed by atoms with Crippen LogP contribution in [0.15, 0.2) is 81.7 Å². The molecule has 3 rings (SSSR count). The lowest BCUT2D eigenvalue weighted by atomic mass is 10.1. The van der Waals surface area contributed by atoms with Gasteiger partial charge in [-0.15, -0.1) is 0 Å². The molecule has 0 saturated carbocycles. The Morgan fingerprint density at radius 2 is 1.67 bits per heavy atom. The van der Waals surface area contributed by atoms with Crippen LogP contribution in [0, 0.1) is 0 Å². The fraction of sp³-hybridized carbons (Fsp3) is 0.130. The van der Waals surface area contributed by atoms with Crippen molar-refractivity contribution in [1.29, 1.82) is 0 Å². The largest absolute Gasteiger partial charge is 0.483 e. The number of halogens is 2. The lowest BCUT2D eigenvalue weighted by Crippen LogP contribution is -2.30. The molecule has 0 aliphatic rings. The molecule has 0 aliphatic heterocycles. The predicted molar refractivity (Wildman–Crippen MR) is 126 cm³/mol. The fourth-order valence-electron chi connectivity index (χ4n) is 2.84. The normalized spacial score (nSPS) is 10.4. The van der Waals surface area contributed by atoms with Crippen LogP contribution in [0.25, 0.3) is 0 Å². The zero-order valence-corrected chi connectivity index (χ0v) is 19.4. The molecule has 0 bridgehead atoms. The maximum atomic E-state index is 12.8. The molecular weight excluding hydrogens is 512 g/mol. The lowest BCUT2D eigenvalue weighted by molar-refractivity contribution is -0.118. The first-order chi connectivity index (χ1) is 14.5. The Hall–Kier alpha value is -2.64. The second-order valence-corrected chi connectivity index (χ2v) is 8.14. The van der Waals surface area contributed by atoms with Crippen molar-refractivity contribution >= 4 is 55.0 Å². The molecule has 0 heterocycles. The second-order valence-electron chi connectivity index (χ2n) is 6.37. The highest BCUT2D eigenvalue weighted by Crippen LogP contribution is 2.28.